The molecule has 1 aromatic carbocycles. The van der Waals surface area contributed by atoms with Crippen molar-refractivity contribution in [1.29, 1.82) is 5.26 Å². The Bertz CT molecular complexity index is 529. The highest BCUT2D eigenvalue weighted by Gasteiger charge is 2.33. The number of aldehydes is 1. The number of nitrogens with zero attached hydrogens (tertiary/aromatic N) is 1. The van der Waals surface area contributed by atoms with E-state index < -0.39 is 17.3 Å². The van der Waals surface area contributed by atoms with Crippen LogP contribution in [0.15, 0.2) is 18.2 Å². The normalized spacial score (nSPS) is 10.0. The van der Waals surface area contributed by atoms with Crippen LogP contribution < -0.4 is 0 Å². The van der Waals surface area contributed by atoms with Gasteiger partial charge in [0.05, 0.1) is 18.1 Å². The molecule has 0 saturated carbocycles. The molecule has 0 aliphatic rings. The fourth-order valence-electron chi connectivity index (χ4n) is 1.17. The van der Waals surface area contributed by atoms with Gasteiger partial charge in [0.25, 0.3) is 0 Å². The lowest BCUT2D eigenvalue weighted by Gasteiger charge is -2.09. The molecule has 86 valence electrons. The van der Waals surface area contributed by atoms with Crippen LogP contribution in [-0.4, -0.2) is 6.29 Å². The average molecular weight is 237 g/mol. The summed E-state index contributed by atoms with van der Waals surface area (Å²) < 4.78 is 37.6. The molecule has 0 atom stereocenters. The van der Waals surface area contributed by atoms with Crippen LogP contribution in [0.1, 0.15) is 27.9 Å². The third-order valence-electron chi connectivity index (χ3n) is 1.89. The molecular formula is C12H6F3NO. The molecule has 0 unspecified atom stereocenters. The van der Waals surface area contributed by atoms with Crippen molar-refractivity contribution in [1.82, 2.24) is 0 Å². The molecule has 0 aliphatic heterocycles. The monoisotopic (exact) mass is 237 g/mol. The predicted molar refractivity (Wildman–Crippen MR) is 53.9 cm³/mol. The fraction of sp³-hybridized carbons (Fsp3) is 0.167. The van der Waals surface area contributed by atoms with E-state index in [9.17, 15) is 18.0 Å². The SMILES string of the molecule is N#CCC#Cc1ccc(C=O)c(C(F)(F)F)c1. The van der Waals surface area contributed by atoms with E-state index in [1.807, 2.05) is 0 Å². The van der Waals surface area contributed by atoms with Gasteiger partial charge in [0.15, 0.2) is 6.29 Å². The average Bonchev–Trinajstić information content (AvgIpc) is 2.28. The van der Waals surface area contributed by atoms with Crippen LogP contribution in [0.3, 0.4) is 0 Å². The maximum absolute atomic E-state index is 12.5. The number of nitriles is 1. The van der Waals surface area contributed by atoms with E-state index in [0.29, 0.717) is 0 Å². The maximum atomic E-state index is 12.5. The first-order valence-electron chi connectivity index (χ1n) is 4.51. The van der Waals surface area contributed by atoms with E-state index in [0.717, 1.165) is 12.1 Å². The molecule has 0 bridgehead atoms. The summed E-state index contributed by atoms with van der Waals surface area (Å²) in [6, 6.07) is 4.92. The highest BCUT2D eigenvalue weighted by molar-refractivity contribution is 5.78. The number of alkyl halides is 3. The molecule has 1 rings (SSSR count). The van der Waals surface area contributed by atoms with Gasteiger partial charge in [0.1, 0.15) is 0 Å². The van der Waals surface area contributed by atoms with E-state index in [1.165, 1.54) is 6.07 Å². The first kappa shape index (κ1) is 12.8. The summed E-state index contributed by atoms with van der Waals surface area (Å²) >= 11 is 0. The number of hydrogen-bond donors (Lipinski definition) is 0. The van der Waals surface area contributed by atoms with E-state index in [2.05, 4.69) is 11.8 Å². The molecule has 0 aliphatic carbocycles. The van der Waals surface area contributed by atoms with E-state index in [1.54, 1.807) is 6.07 Å². The van der Waals surface area contributed by atoms with E-state index in [-0.39, 0.29) is 18.3 Å². The summed E-state index contributed by atoms with van der Waals surface area (Å²) in [6.45, 7) is 0. The van der Waals surface area contributed by atoms with E-state index >= 15 is 0 Å². The topological polar surface area (TPSA) is 40.9 Å². The van der Waals surface area contributed by atoms with Crippen molar-refractivity contribution < 1.29 is 18.0 Å². The van der Waals surface area contributed by atoms with Crippen molar-refractivity contribution in [3.8, 4) is 17.9 Å². The minimum Gasteiger partial charge on any atom is -0.298 e. The number of rotatable bonds is 1. The summed E-state index contributed by atoms with van der Waals surface area (Å²) in [5, 5.41) is 8.23. The third-order valence-corrected chi connectivity index (χ3v) is 1.89. The number of carbonyl (C=O) groups is 1. The molecular weight excluding hydrogens is 231 g/mol. The van der Waals surface area contributed by atoms with Crippen molar-refractivity contribution in [2.75, 3.05) is 0 Å². The van der Waals surface area contributed by atoms with Crippen LogP contribution in [0.4, 0.5) is 13.2 Å². The fourth-order valence-corrected chi connectivity index (χ4v) is 1.17. The Hall–Kier alpha value is -2.27. The lowest BCUT2D eigenvalue weighted by Crippen LogP contribution is -2.09. The second kappa shape index (κ2) is 5.18. The van der Waals surface area contributed by atoms with Gasteiger partial charge in [0.2, 0.25) is 0 Å². The number of carbonyl (C=O) groups excluding carboxylic acids is 1. The van der Waals surface area contributed by atoms with Crippen molar-refractivity contribution in [3.63, 3.8) is 0 Å². The highest BCUT2D eigenvalue weighted by Crippen LogP contribution is 2.31. The summed E-state index contributed by atoms with van der Waals surface area (Å²) in [5.41, 5.74) is -1.32. The van der Waals surface area contributed by atoms with Gasteiger partial charge >= 0.3 is 6.18 Å². The zero-order valence-corrected chi connectivity index (χ0v) is 8.51. The van der Waals surface area contributed by atoms with Crippen LogP contribution in [-0.2, 0) is 6.18 Å². The zero-order valence-electron chi connectivity index (χ0n) is 8.51. The molecule has 0 aromatic heterocycles. The Balaban J connectivity index is 3.21. The Labute approximate surface area is 95.7 Å². The van der Waals surface area contributed by atoms with Crippen LogP contribution in [0.25, 0.3) is 0 Å². The van der Waals surface area contributed by atoms with Crippen LogP contribution in [0.5, 0.6) is 0 Å². The Morgan fingerprint density at radius 3 is 2.59 bits per heavy atom. The van der Waals surface area contributed by atoms with Gasteiger partial charge in [-0.2, -0.15) is 18.4 Å². The molecule has 0 radical (unpaired) electrons. The molecule has 5 heteroatoms. The largest absolute Gasteiger partial charge is 0.417 e. The van der Waals surface area contributed by atoms with Crippen LogP contribution >= 0.6 is 0 Å². The van der Waals surface area contributed by atoms with Crippen LogP contribution in [0, 0.1) is 23.2 Å². The minimum absolute atomic E-state index is 0.0587. The van der Waals surface area contributed by atoms with Crippen molar-refractivity contribution in [3.05, 3.63) is 34.9 Å². The molecule has 1 aromatic rings. The van der Waals surface area contributed by atoms with Gasteiger partial charge < -0.3 is 0 Å². The lowest BCUT2D eigenvalue weighted by atomic mass is 10.0. The molecule has 0 saturated heterocycles. The quantitative estimate of drug-likeness (QED) is 0.556. The van der Waals surface area contributed by atoms with Gasteiger partial charge in [0, 0.05) is 11.1 Å². The Morgan fingerprint density at radius 2 is 2.06 bits per heavy atom. The van der Waals surface area contributed by atoms with Crippen molar-refractivity contribution >= 4 is 6.29 Å². The Kier molecular flexibility index (Phi) is 3.90. The van der Waals surface area contributed by atoms with Crippen molar-refractivity contribution in [2.24, 2.45) is 0 Å². The molecule has 0 amide bonds. The van der Waals surface area contributed by atoms with Crippen LogP contribution in [0.2, 0.25) is 0 Å². The number of benzene rings is 1. The smallest absolute Gasteiger partial charge is 0.298 e. The summed E-state index contributed by atoms with van der Waals surface area (Å²) in [4.78, 5) is 10.5. The van der Waals surface area contributed by atoms with Gasteiger partial charge in [-0.3, -0.25) is 4.79 Å². The highest BCUT2D eigenvalue weighted by atomic mass is 19.4. The van der Waals surface area contributed by atoms with Gasteiger partial charge in [-0.25, -0.2) is 0 Å². The number of halogens is 3. The molecule has 2 nitrogen and oxygen atoms in total. The molecule has 17 heavy (non-hydrogen) atoms. The van der Waals surface area contributed by atoms with Gasteiger partial charge in [-0.05, 0) is 18.2 Å². The Morgan fingerprint density at radius 1 is 1.35 bits per heavy atom. The van der Waals surface area contributed by atoms with Crippen molar-refractivity contribution in [2.45, 2.75) is 12.6 Å². The number of hydrogen-bond acceptors (Lipinski definition) is 2. The summed E-state index contributed by atoms with van der Waals surface area (Å²) in [7, 11) is 0. The molecule has 0 spiro atoms. The lowest BCUT2D eigenvalue weighted by molar-refractivity contribution is -0.137. The standard InChI is InChI=1S/C12H6F3NO/c13-12(14,15)11-7-9(3-1-2-6-16)4-5-10(11)8-17/h4-5,7-8H,2H2. The first-order valence-corrected chi connectivity index (χ1v) is 4.51. The van der Waals surface area contributed by atoms with Gasteiger partial charge in [-0.1, -0.05) is 11.8 Å². The molecule has 0 N–H and O–H groups in total. The summed E-state index contributed by atoms with van der Waals surface area (Å²) in [6.07, 6.45) is -4.50. The second-order valence-electron chi connectivity index (χ2n) is 3.05. The van der Waals surface area contributed by atoms with Gasteiger partial charge in [-0.15, -0.1) is 0 Å². The third kappa shape index (κ3) is 3.35. The predicted octanol–water partition coefficient (Wildman–Crippen LogP) is 2.78. The minimum atomic E-state index is -4.59. The summed E-state index contributed by atoms with van der Waals surface area (Å²) in [5.74, 6) is 4.82. The first-order chi connectivity index (χ1) is 7.99. The maximum Gasteiger partial charge on any atom is 0.417 e. The zero-order chi connectivity index (χ0) is 12.9. The molecule has 0 fully saturated rings. The second-order valence-corrected chi connectivity index (χ2v) is 3.05. The van der Waals surface area contributed by atoms with E-state index in [4.69, 9.17) is 5.26 Å². The molecule has 0 heterocycles.